The molecule has 0 saturated carbocycles. The number of benzene rings is 10. The van der Waals surface area contributed by atoms with Gasteiger partial charge in [-0.15, -0.1) is 0 Å². The van der Waals surface area contributed by atoms with E-state index in [9.17, 15) is 0 Å². The minimum absolute atomic E-state index is 0.387. The first kappa shape index (κ1) is 80.9. The maximum atomic E-state index is 6.77. The minimum Gasteiger partial charge on any atom is -0.494 e. The predicted molar refractivity (Wildman–Crippen MR) is 445 cm³/mol. The van der Waals surface area contributed by atoms with E-state index in [4.69, 9.17) is 42.6 Å². The summed E-state index contributed by atoms with van der Waals surface area (Å²) in [5, 5.41) is 0. The van der Waals surface area contributed by atoms with Crippen LogP contribution in [0.25, 0.3) is 0 Å². The Bertz CT molecular complexity index is 3330. The number of ether oxygens (including phenoxy) is 9. The summed E-state index contributed by atoms with van der Waals surface area (Å²) in [6, 6.07) is 84.6. The van der Waals surface area contributed by atoms with Crippen LogP contribution in [0.5, 0.6) is 51.7 Å². The molecule has 0 saturated heterocycles. The maximum absolute atomic E-state index is 6.77. The van der Waals surface area contributed by atoms with Gasteiger partial charge in [-0.1, -0.05) is 177 Å². The molecule has 108 heavy (non-hydrogen) atoms. The Kier molecular flexibility index (Phi) is 31.6. The molecule has 0 unspecified atom stereocenters. The molecule has 0 aliphatic rings. The van der Waals surface area contributed by atoms with Crippen molar-refractivity contribution in [3.63, 3.8) is 0 Å². The van der Waals surface area contributed by atoms with Gasteiger partial charge in [-0.05, 0) is 320 Å². The third-order valence-electron chi connectivity index (χ3n) is 21.6. The second kappa shape index (κ2) is 42.2. The predicted octanol–water partition coefficient (Wildman–Crippen LogP) is 24.9. The van der Waals surface area contributed by atoms with Crippen molar-refractivity contribution < 1.29 is 42.6 Å². The molecule has 0 amide bonds. The van der Waals surface area contributed by atoms with Crippen molar-refractivity contribution in [3.8, 4) is 51.7 Å². The summed E-state index contributed by atoms with van der Waals surface area (Å²) in [4.78, 5) is 0. The molecule has 0 N–H and O–H groups in total. The average Bonchev–Trinajstić information content (AvgIpc) is 0.752. The second-order valence-electron chi connectivity index (χ2n) is 30.5. The van der Waals surface area contributed by atoms with Crippen LogP contribution < -0.4 is 42.6 Å². The van der Waals surface area contributed by atoms with Crippen molar-refractivity contribution in [1.82, 2.24) is 0 Å². The van der Waals surface area contributed by atoms with E-state index in [1.165, 1.54) is 66.8 Å². The van der Waals surface area contributed by atoms with Gasteiger partial charge < -0.3 is 42.6 Å². The Balaban J connectivity index is 1.17. The number of rotatable bonds is 48. The highest BCUT2D eigenvalue weighted by atomic mass is 16.5. The van der Waals surface area contributed by atoms with E-state index in [0.29, 0.717) is 59.5 Å². The Morgan fingerprint density at radius 3 is 0.361 bits per heavy atom. The number of hydrogen-bond donors (Lipinski definition) is 0. The zero-order valence-electron chi connectivity index (χ0n) is 66.3. The third kappa shape index (κ3) is 26.4. The lowest BCUT2D eigenvalue weighted by atomic mass is 9.62. The van der Waals surface area contributed by atoms with Crippen LogP contribution in [-0.4, -0.2) is 59.5 Å². The lowest BCUT2D eigenvalue weighted by Gasteiger charge is -2.42. The maximum Gasteiger partial charge on any atom is 0.119 e. The fourth-order valence-electron chi connectivity index (χ4n) is 15.1. The van der Waals surface area contributed by atoms with Gasteiger partial charge in [0.15, 0.2) is 0 Å². The molecule has 0 heterocycles. The molecule has 10 aromatic rings. The van der Waals surface area contributed by atoms with Crippen LogP contribution in [0.1, 0.15) is 182 Å². The highest BCUT2D eigenvalue weighted by Crippen LogP contribution is 2.49. The van der Waals surface area contributed by atoms with Gasteiger partial charge in [-0.2, -0.15) is 0 Å². The van der Waals surface area contributed by atoms with Gasteiger partial charge in [-0.3, -0.25) is 0 Å². The molecular formula is C99H120O9. The highest BCUT2D eigenvalue weighted by Gasteiger charge is 2.40. The smallest absolute Gasteiger partial charge is 0.119 e. The molecule has 0 aliphatic heterocycles. The molecule has 10 rings (SSSR count). The quantitative estimate of drug-likeness (QED) is 0.0346. The lowest BCUT2D eigenvalue weighted by Crippen LogP contribution is -2.35. The zero-order valence-corrected chi connectivity index (χ0v) is 66.3. The first-order valence-corrected chi connectivity index (χ1v) is 40.0. The SMILES string of the molecule is Cc1ccc(OCCCC(CCCOc2ccc(C)cc2)(CCCOc2ccc(C)cc2)c2cc(C(CCCOc3ccc(C)cc3)(CCCOc3ccc(C)cc3)CCCOc3ccc(C)cc3)cc(C(CCCOc3ccc(C)cc3)(CCCOc3ccc(C)cc3)CCCOc3ccc(C)cc3)c2)cc1. The number of hydrogen-bond acceptors (Lipinski definition) is 9. The van der Waals surface area contributed by atoms with E-state index in [1.54, 1.807) is 0 Å². The summed E-state index contributed by atoms with van der Waals surface area (Å²) in [7, 11) is 0. The summed E-state index contributed by atoms with van der Waals surface area (Å²) < 4.78 is 60.9. The van der Waals surface area contributed by atoms with Gasteiger partial charge in [0.25, 0.3) is 0 Å². The molecule has 9 nitrogen and oxygen atoms in total. The van der Waals surface area contributed by atoms with E-state index in [0.717, 1.165) is 167 Å². The Labute approximate surface area is 647 Å². The molecule has 9 heteroatoms. The van der Waals surface area contributed by atoms with Crippen molar-refractivity contribution in [1.29, 1.82) is 0 Å². The Morgan fingerprint density at radius 1 is 0.157 bits per heavy atom. The average molecular weight is 1450 g/mol. The summed E-state index contributed by atoms with van der Waals surface area (Å²) in [6.07, 6.45) is 15.3. The summed E-state index contributed by atoms with van der Waals surface area (Å²) in [5.41, 5.74) is 13.8. The topological polar surface area (TPSA) is 83.1 Å². The van der Waals surface area contributed by atoms with E-state index < -0.39 is 0 Å². The van der Waals surface area contributed by atoms with Crippen molar-refractivity contribution in [3.05, 3.63) is 303 Å². The van der Waals surface area contributed by atoms with Gasteiger partial charge >= 0.3 is 0 Å². The Morgan fingerprint density at radius 2 is 0.259 bits per heavy atom. The van der Waals surface area contributed by atoms with Crippen LogP contribution >= 0.6 is 0 Å². The zero-order chi connectivity index (χ0) is 75.7. The van der Waals surface area contributed by atoms with E-state index in [-0.39, 0.29) is 16.2 Å². The normalized spacial score (nSPS) is 11.6. The molecule has 570 valence electrons. The van der Waals surface area contributed by atoms with Crippen LogP contribution in [0.2, 0.25) is 0 Å². The van der Waals surface area contributed by atoms with Crippen molar-refractivity contribution in [2.45, 2.75) is 194 Å². The molecule has 0 radical (unpaired) electrons. The standard InChI is InChI=1S/C99H120O9/c1-76-19-37-88(38-20-76)100-64-10-55-97(56-11-65-101-89-39-21-77(2)22-40-89,57-12-66-102-90-41-23-78(3)24-42-90)85-73-86(98(58-13-67-103-91-43-25-79(4)26-44-91,59-14-68-104-92-45-27-80(5)28-46-92)60-15-69-105-93-47-29-81(6)30-48-93)75-87(74-85)99(61-16-70-106-94-49-31-82(7)32-50-94,62-17-71-107-95-51-33-83(8)34-52-95)63-18-72-108-96-53-35-84(9)36-54-96/h19-54,73-75H,10-18,55-72H2,1-9H3. The molecule has 0 aliphatic carbocycles. The van der Waals surface area contributed by atoms with Crippen LogP contribution in [0.4, 0.5) is 0 Å². The van der Waals surface area contributed by atoms with Gasteiger partial charge in [0.2, 0.25) is 0 Å². The first-order chi connectivity index (χ1) is 52.6. The summed E-state index contributed by atoms with van der Waals surface area (Å²) in [6.45, 7) is 24.3. The molecule has 10 aromatic carbocycles. The third-order valence-corrected chi connectivity index (χ3v) is 21.6. The minimum atomic E-state index is -0.387. The van der Waals surface area contributed by atoms with E-state index >= 15 is 0 Å². The van der Waals surface area contributed by atoms with Gasteiger partial charge in [0, 0.05) is 0 Å². The van der Waals surface area contributed by atoms with Gasteiger partial charge in [-0.25, -0.2) is 0 Å². The number of aryl methyl sites for hydroxylation is 9. The highest BCUT2D eigenvalue weighted by molar-refractivity contribution is 5.44. The van der Waals surface area contributed by atoms with E-state index in [1.807, 2.05) is 0 Å². The van der Waals surface area contributed by atoms with Crippen LogP contribution in [0.3, 0.4) is 0 Å². The van der Waals surface area contributed by atoms with Gasteiger partial charge in [0.05, 0.1) is 59.5 Å². The van der Waals surface area contributed by atoms with E-state index in [2.05, 4.69) is 299 Å². The first-order valence-electron chi connectivity index (χ1n) is 40.0. The fourth-order valence-corrected chi connectivity index (χ4v) is 15.1. The molecule has 0 spiro atoms. The molecule has 0 atom stereocenters. The largest absolute Gasteiger partial charge is 0.494 e. The monoisotopic (exact) mass is 1450 g/mol. The van der Waals surface area contributed by atoms with Crippen molar-refractivity contribution in [2.75, 3.05) is 59.5 Å². The van der Waals surface area contributed by atoms with Gasteiger partial charge in [0.1, 0.15) is 51.7 Å². The summed E-state index contributed by atoms with van der Waals surface area (Å²) in [5.74, 6) is 7.97. The van der Waals surface area contributed by atoms with Crippen LogP contribution in [0.15, 0.2) is 237 Å². The van der Waals surface area contributed by atoms with Crippen molar-refractivity contribution in [2.24, 2.45) is 0 Å². The fraction of sp³-hybridized carbons (Fsp3) is 0.394. The second-order valence-corrected chi connectivity index (χ2v) is 30.5. The summed E-state index contributed by atoms with van der Waals surface area (Å²) >= 11 is 0. The van der Waals surface area contributed by atoms with Crippen molar-refractivity contribution >= 4 is 0 Å². The van der Waals surface area contributed by atoms with Crippen LogP contribution in [-0.2, 0) is 16.2 Å². The molecule has 0 fully saturated rings. The molecule has 0 aromatic heterocycles. The lowest BCUT2D eigenvalue weighted by molar-refractivity contribution is 0.211. The molecule has 0 bridgehead atoms. The Hall–Kier alpha value is -9.60. The van der Waals surface area contributed by atoms with Crippen LogP contribution in [0, 0.1) is 62.3 Å². The molecular weight excluding hydrogens is 1330 g/mol.